The molecule has 0 saturated carbocycles. The Balaban J connectivity index is 2.79. The summed E-state index contributed by atoms with van der Waals surface area (Å²) in [6.45, 7) is 9.20. The lowest BCUT2D eigenvalue weighted by Crippen LogP contribution is -2.22. The largest absolute Gasteiger partial charge is 0.490 e. The highest BCUT2D eigenvalue weighted by molar-refractivity contribution is 5.92. The normalized spacial score (nSPS) is 11.4. The minimum atomic E-state index is -0.554. The van der Waals surface area contributed by atoms with Crippen molar-refractivity contribution >= 4 is 5.97 Å². The fourth-order valence-electron chi connectivity index (χ4n) is 1.20. The predicted octanol–water partition coefficient (Wildman–Crippen LogP) is 3.36. The SMILES string of the molecule is CC(C)Oc1ccccc1C(=O)OOC(C)(C)C. The number of carbonyl (C=O) groups excluding carboxylic acids is 1. The van der Waals surface area contributed by atoms with E-state index in [-0.39, 0.29) is 6.10 Å². The van der Waals surface area contributed by atoms with E-state index in [4.69, 9.17) is 14.5 Å². The van der Waals surface area contributed by atoms with Crippen LogP contribution in [0.3, 0.4) is 0 Å². The van der Waals surface area contributed by atoms with Gasteiger partial charge in [-0.05, 0) is 46.8 Å². The minimum absolute atomic E-state index is 0.0116. The Morgan fingerprint density at radius 1 is 1.17 bits per heavy atom. The van der Waals surface area contributed by atoms with Gasteiger partial charge in [-0.3, -0.25) is 4.89 Å². The lowest BCUT2D eigenvalue weighted by Gasteiger charge is -2.18. The Morgan fingerprint density at radius 3 is 2.33 bits per heavy atom. The maximum atomic E-state index is 11.9. The number of hydrogen-bond donors (Lipinski definition) is 0. The Labute approximate surface area is 108 Å². The third-order valence-corrected chi connectivity index (χ3v) is 1.84. The number of rotatable bonds is 4. The highest BCUT2D eigenvalue weighted by atomic mass is 17.2. The van der Waals surface area contributed by atoms with Crippen LogP contribution in [0.5, 0.6) is 5.75 Å². The third kappa shape index (κ3) is 4.75. The number of ether oxygens (including phenoxy) is 1. The van der Waals surface area contributed by atoms with E-state index in [0.29, 0.717) is 11.3 Å². The zero-order valence-corrected chi connectivity index (χ0v) is 11.5. The van der Waals surface area contributed by atoms with Crippen LogP contribution in [0, 0.1) is 0 Å². The van der Waals surface area contributed by atoms with Crippen molar-refractivity contribution in [1.82, 2.24) is 0 Å². The van der Waals surface area contributed by atoms with Crippen LogP contribution in [-0.2, 0) is 9.78 Å². The van der Waals surface area contributed by atoms with Gasteiger partial charge < -0.3 is 4.74 Å². The van der Waals surface area contributed by atoms with Gasteiger partial charge in [0, 0.05) is 0 Å². The summed E-state index contributed by atoms with van der Waals surface area (Å²) < 4.78 is 5.54. The van der Waals surface area contributed by atoms with E-state index in [9.17, 15) is 4.79 Å². The average Bonchev–Trinajstić information content (AvgIpc) is 2.25. The van der Waals surface area contributed by atoms with E-state index in [1.54, 1.807) is 45.0 Å². The van der Waals surface area contributed by atoms with E-state index in [1.165, 1.54) is 0 Å². The molecule has 0 amide bonds. The quantitative estimate of drug-likeness (QED) is 0.609. The lowest BCUT2D eigenvalue weighted by molar-refractivity contribution is -0.301. The summed E-state index contributed by atoms with van der Waals surface area (Å²) in [6.07, 6.45) is -0.0116. The second-order valence-corrected chi connectivity index (χ2v) is 5.23. The molecule has 0 saturated heterocycles. The molecular weight excluding hydrogens is 232 g/mol. The maximum absolute atomic E-state index is 11.9. The fraction of sp³-hybridized carbons (Fsp3) is 0.500. The molecule has 0 fully saturated rings. The van der Waals surface area contributed by atoms with Crippen molar-refractivity contribution in [1.29, 1.82) is 0 Å². The first kappa shape index (κ1) is 14.5. The number of hydrogen-bond acceptors (Lipinski definition) is 4. The molecule has 100 valence electrons. The molecule has 18 heavy (non-hydrogen) atoms. The van der Waals surface area contributed by atoms with Gasteiger partial charge in [0.05, 0.1) is 6.10 Å². The van der Waals surface area contributed by atoms with Crippen molar-refractivity contribution < 1.29 is 19.3 Å². The molecule has 0 aliphatic rings. The Hall–Kier alpha value is -1.55. The van der Waals surface area contributed by atoms with Crippen molar-refractivity contribution in [2.75, 3.05) is 0 Å². The highest BCUT2D eigenvalue weighted by Crippen LogP contribution is 2.21. The standard InChI is InChI=1S/C14H20O4/c1-10(2)16-12-9-7-6-8-11(12)13(15)17-18-14(3,4)5/h6-10H,1-5H3. The van der Waals surface area contributed by atoms with Crippen molar-refractivity contribution in [3.63, 3.8) is 0 Å². The molecule has 0 unspecified atom stereocenters. The van der Waals surface area contributed by atoms with Crippen LogP contribution >= 0.6 is 0 Å². The molecule has 4 heteroatoms. The first-order valence-corrected chi connectivity index (χ1v) is 5.95. The molecule has 0 aliphatic heterocycles. The molecule has 1 aromatic carbocycles. The van der Waals surface area contributed by atoms with Crippen LogP contribution in [-0.4, -0.2) is 17.7 Å². The molecule has 0 spiro atoms. The average molecular weight is 252 g/mol. The summed E-state index contributed by atoms with van der Waals surface area (Å²) in [6, 6.07) is 6.93. The van der Waals surface area contributed by atoms with Gasteiger partial charge in [-0.2, -0.15) is 4.89 Å². The molecule has 4 nitrogen and oxygen atoms in total. The van der Waals surface area contributed by atoms with Crippen LogP contribution < -0.4 is 4.74 Å². The van der Waals surface area contributed by atoms with E-state index < -0.39 is 11.6 Å². The van der Waals surface area contributed by atoms with Crippen LogP contribution in [0.25, 0.3) is 0 Å². The number of carbonyl (C=O) groups is 1. The van der Waals surface area contributed by atoms with Crippen LogP contribution in [0.4, 0.5) is 0 Å². The molecule has 0 N–H and O–H groups in total. The highest BCUT2D eigenvalue weighted by Gasteiger charge is 2.19. The topological polar surface area (TPSA) is 44.8 Å². The van der Waals surface area contributed by atoms with Crippen molar-refractivity contribution in [2.24, 2.45) is 0 Å². The summed E-state index contributed by atoms with van der Waals surface area (Å²) >= 11 is 0. The van der Waals surface area contributed by atoms with Gasteiger partial charge in [-0.15, -0.1) is 0 Å². The summed E-state index contributed by atoms with van der Waals surface area (Å²) in [7, 11) is 0. The molecule has 0 heterocycles. The van der Waals surface area contributed by atoms with E-state index in [0.717, 1.165) is 0 Å². The smallest absolute Gasteiger partial charge is 0.376 e. The van der Waals surface area contributed by atoms with Crippen LogP contribution in [0.1, 0.15) is 45.0 Å². The molecule has 0 aliphatic carbocycles. The van der Waals surface area contributed by atoms with Gasteiger partial charge in [0.2, 0.25) is 0 Å². The van der Waals surface area contributed by atoms with Gasteiger partial charge in [0.15, 0.2) is 0 Å². The first-order valence-electron chi connectivity index (χ1n) is 5.95. The lowest BCUT2D eigenvalue weighted by atomic mass is 10.2. The van der Waals surface area contributed by atoms with Crippen LogP contribution in [0.2, 0.25) is 0 Å². The Morgan fingerprint density at radius 2 is 1.78 bits per heavy atom. The molecular formula is C14H20O4. The van der Waals surface area contributed by atoms with Gasteiger partial charge >= 0.3 is 5.97 Å². The molecule has 0 bridgehead atoms. The maximum Gasteiger partial charge on any atom is 0.376 e. The summed E-state index contributed by atoms with van der Waals surface area (Å²) in [4.78, 5) is 21.7. The van der Waals surface area contributed by atoms with E-state index in [2.05, 4.69) is 0 Å². The summed E-state index contributed by atoms with van der Waals surface area (Å²) in [5.41, 5.74) is -0.181. The molecule has 0 radical (unpaired) electrons. The second kappa shape index (κ2) is 5.87. The van der Waals surface area contributed by atoms with Crippen LogP contribution in [0.15, 0.2) is 24.3 Å². The Kier molecular flexibility index (Phi) is 4.73. The molecule has 0 atom stereocenters. The van der Waals surface area contributed by atoms with Crippen molar-refractivity contribution in [3.05, 3.63) is 29.8 Å². The van der Waals surface area contributed by atoms with Crippen molar-refractivity contribution in [2.45, 2.75) is 46.3 Å². The number of benzene rings is 1. The fourth-order valence-corrected chi connectivity index (χ4v) is 1.20. The first-order chi connectivity index (χ1) is 8.29. The third-order valence-electron chi connectivity index (χ3n) is 1.84. The zero-order chi connectivity index (χ0) is 13.8. The van der Waals surface area contributed by atoms with Gasteiger partial charge in [-0.25, -0.2) is 4.79 Å². The molecule has 1 rings (SSSR count). The molecule has 0 aromatic heterocycles. The predicted molar refractivity (Wildman–Crippen MR) is 68.5 cm³/mol. The summed E-state index contributed by atoms with van der Waals surface area (Å²) in [5, 5.41) is 0. The summed E-state index contributed by atoms with van der Waals surface area (Å²) in [5.74, 6) is -0.0591. The molecule has 1 aromatic rings. The number of para-hydroxylation sites is 1. The van der Waals surface area contributed by atoms with Gasteiger partial charge in [0.1, 0.15) is 16.9 Å². The van der Waals surface area contributed by atoms with Gasteiger partial charge in [-0.1, -0.05) is 12.1 Å². The van der Waals surface area contributed by atoms with Gasteiger partial charge in [0.25, 0.3) is 0 Å². The van der Waals surface area contributed by atoms with Crippen molar-refractivity contribution in [3.8, 4) is 5.75 Å². The second-order valence-electron chi connectivity index (χ2n) is 5.23. The zero-order valence-electron chi connectivity index (χ0n) is 11.5. The Bertz CT molecular complexity index is 405. The monoisotopic (exact) mass is 252 g/mol. The van der Waals surface area contributed by atoms with E-state index >= 15 is 0 Å². The van der Waals surface area contributed by atoms with E-state index in [1.807, 2.05) is 13.8 Å². The minimum Gasteiger partial charge on any atom is -0.490 e.